The largest absolute Gasteiger partial charge is 0.342 e. The molecule has 6 nitrogen and oxygen atoms in total. The highest BCUT2D eigenvalue weighted by Gasteiger charge is 2.27. The lowest BCUT2D eigenvalue weighted by molar-refractivity contribution is -0.384. The predicted molar refractivity (Wildman–Crippen MR) is 83.9 cm³/mol. The van der Waals surface area contributed by atoms with Gasteiger partial charge in [0, 0.05) is 18.7 Å². The van der Waals surface area contributed by atoms with Crippen LogP contribution in [0.4, 0.5) is 11.4 Å². The Morgan fingerprint density at radius 2 is 2.19 bits per heavy atom. The van der Waals surface area contributed by atoms with Crippen molar-refractivity contribution in [3.63, 3.8) is 0 Å². The minimum absolute atomic E-state index is 0.0469. The fourth-order valence-corrected chi connectivity index (χ4v) is 2.92. The third-order valence-electron chi connectivity index (χ3n) is 2.99. The number of rotatable bonds is 4. The molecule has 0 aliphatic carbocycles. The van der Waals surface area contributed by atoms with Gasteiger partial charge < -0.3 is 4.90 Å². The second-order valence-corrected chi connectivity index (χ2v) is 6.40. The molecule has 0 atom stereocenters. The summed E-state index contributed by atoms with van der Waals surface area (Å²) >= 11 is 1.13. The van der Waals surface area contributed by atoms with Crippen molar-refractivity contribution < 1.29 is 9.72 Å². The number of nitro benzene ring substituents is 1. The highest BCUT2D eigenvalue weighted by molar-refractivity contribution is 8.26. The summed E-state index contributed by atoms with van der Waals surface area (Å²) in [4.78, 5) is 28.4. The van der Waals surface area contributed by atoms with E-state index in [1.807, 2.05) is 4.90 Å². The van der Waals surface area contributed by atoms with Crippen LogP contribution in [0, 0.1) is 23.0 Å². The lowest BCUT2D eigenvalue weighted by Gasteiger charge is -2.19. The van der Waals surface area contributed by atoms with Gasteiger partial charge in [-0.2, -0.15) is 0 Å². The summed E-state index contributed by atoms with van der Waals surface area (Å²) in [6, 6.07) is 4.55. The summed E-state index contributed by atoms with van der Waals surface area (Å²) in [7, 11) is 0. The van der Waals surface area contributed by atoms with Crippen molar-refractivity contribution in [2.75, 3.05) is 13.1 Å². The smallest absolute Gasteiger partial charge is 0.269 e. The highest BCUT2D eigenvalue weighted by Crippen LogP contribution is 2.28. The Morgan fingerprint density at radius 1 is 1.48 bits per heavy atom. The number of hydrogen-bond donors (Lipinski definition) is 0. The summed E-state index contributed by atoms with van der Waals surface area (Å²) in [5.41, 5.74) is 1.43. The topological polar surface area (TPSA) is 75.8 Å². The third kappa shape index (κ3) is 3.81. The second-order valence-electron chi connectivity index (χ2n) is 5.37. The molecule has 1 aromatic rings. The van der Waals surface area contributed by atoms with Crippen molar-refractivity contribution in [2.45, 2.75) is 20.8 Å². The van der Waals surface area contributed by atoms with Gasteiger partial charge in [0.1, 0.15) is 0 Å². The van der Waals surface area contributed by atoms with Gasteiger partial charge in [-0.25, -0.2) is 4.99 Å². The molecule has 1 heterocycles. The molecule has 112 valence electrons. The number of aliphatic imine (C=N–C) groups is 1. The van der Waals surface area contributed by atoms with E-state index in [9.17, 15) is 14.9 Å². The van der Waals surface area contributed by atoms with Crippen molar-refractivity contribution in [1.29, 1.82) is 0 Å². The maximum atomic E-state index is 11.6. The molecule has 7 heteroatoms. The summed E-state index contributed by atoms with van der Waals surface area (Å²) in [6.45, 7) is 7.09. The van der Waals surface area contributed by atoms with Crippen molar-refractivity contribution >= 4 is 33.4 Å². The minimum Gasteiger partial charge on any atom is -0.342 e. The third-order valence-corrected chi connectivity index (χ3v) is 3.88. The van der Waals surface area contributed by atoms with Crippen LogP contribution >= 0.6 is 11.8 Å². The normalized spacial score (nSPS) is 17.0. The van der Waals surface area contributed by atoms with Crippen LogP contribution in [0.2, 0.25) is 0 Å². The minimum atomic E-state index is -0.428. The van der Waals surface area contributed by atoms with E-state index >= 15 is 0 Å². The Bertz CT molecular complexity index is 613. The average molecular weight is 307 g/mol. The number of thioether (sulfide) groups is 1. The zero-order valence-corrected chi connectivity index (χ0v) is 13.0. The standard InChI is InChI=1S/C14H17N3O3S/c1-9(2)7-16-8-13(18)21-14(16)15-12-5-4-11(17(19)20)6-10(12)3/h4-6,9H,7-8H2,1-3H3. The van der Waals surface area contributed by atoms with E-state index in [2.05, 4.69) is 18.8 Å². The first kappa shape index (κ1) is 15.5. The van der Waals surface area contributed by atoms with E-state index in [-0.39, 0.29) is 10.8 Å². The molecule has 2 rings (SSSR count). The van der Waals surface area contributed by atoms with Crippen LogP contribution in [0.5, 0.6) is 0 Å². The molecule has 0 radical (unpaired) electrons. The van der Waals surface area contributed by atoms with Gasteiger partial charge in [0.05, 0.1) is 17.2 Å². The molecule has 0 amide bonds. The Hall–Kier alpha value is -1.89. The molecule has 0 spiro atoms. The molecule has 1 saturated heterocycles. The van der Waals surface area contributed by atoms with E-state index < -0.39 is 4.92 Å². The summed E-state index contributed by atoms with van der Waals surface area (Å²) in [5, 5.41) is 11.5. The number of benzene rings is 1. The Morgan fingerprint density at radius 3 is 2.76 bits per heavy atom. The average Bonchev–Trinajstić information content (AvgIpc) is 2.70. The van der Waals surface area contributed by atoms with Gasteiger partial charge in [-0.1, -0.05) is 13.8 Å². The lowest BCUT2D eigenvalue weighted by Crippen LogP contribution is -2.29. The first-order chi connectivity index (χ1) is 9.86. The molecule has 1 aliphatic heterocycles. The Labute approximate surface area is 127 Å². The first-order valence-corrected chi connectivity index (χ1v) is 7.48. The molecule has 1 aliphatic rings. The number of non-ortho nitro benzene ring substituents is 1. The quantitative estimate of drug-likeness (QED) is 0.631. The molecule has 0 N–H and O–H groups in total. The molecular weight excluding hydrogens is 290 g/mol. The monoisotopic (exact) mass is 307 g/mol. The molecule has 0 unspecified atom stereocenters. The molecule has 0 saturated carbocycles. The van der Waals surface area contributed by atoms with E-state index in [4.69, 9.17) is 0 Å². The van der Waals surface area contributed by atoms with E-state index in [1.165, 1.54) is 12.1 Å². The van der Waals surface area contributed by atoms with Crippen LogP contribution in [0.1, 0.15) is 19.4 Å². The van der Waals surface area contributed by atoms with Gasteiger partial charge in [-0.3, -0.25) is 14.9 Å². The Kier molecular flexibility index (Phi) is 4.62. The van der Waals surface area contributed by atoms with Crippen LogP contribution in [0.15, 0.2) is 23.2 Å². The molecule has 0 bridgehead atoms. The van der Waals surface area contributed by atoms with E-state index in [0.717, 1.165) is 23.9 Å². The SMILES string of the molecule is Cc1cc([N+](=O)[O-])ccc1N=C1SC(=O)CN1CC(C)C. The van der Waals surface area contributed by atoms with Crippen molar-refractivity contribution in [3.8, 4) is 0 Å². The van der Waals surface area contributed by atoms with Crippen molar-refractivity contribution in [1.82, 2.24) is 4.90 Å². The van der Waals surface area contributed by atoms with Crippen LogP contribution in [0.3, 0.4) is 0 Å². The van der Waals surface area contributed by atoms with Crippen LogP contribution in [0.25, 0.3) is 0 Å². The van der Waals surface area contributed by atoms with E-state index in [1.54, 1.807) is 13.0 Å². The summed E-state index contributed by atoms with van der Waals surface area (Å²) in [5.74, 6) is 0.430. The molecule has 1 fully saturated rings. The predicted octanol–water partition coefficient (Wildman–Crippen LogP) is 3.12. The van der Waals surface area contributed by atoms with Gasteiger partial charge in [-0.15, -0.1) is 0 Å². The number of nitro groups is 1. The van der Waals surface area contributed by atoms with Crippen molar-refractivity contribution in [3.05, 3.63) is 33.9 Å². The zero-order valence-electron chi connectivity index (χ0n) is 12.2. The molecule has 0 aromatic heterocycles. The van der Waals surface area contributed by atoms with Gasteiger partial charge in [0.25, 0.3) is 5.69 Å². The number of hydrogen-bond acceptors (Lipinski definition) is 5. The number of aryl methyl sites for hydroxylation is 1. The van der Waals surface area contributed by atoms with Crippen molar-refractivity contribution in [2.24, 2.45) is 10.9 Å². The van der Waals surface area contributed by atoms with E-state index in [0.29, 0.717) is 23.3 Å². The van der Waals surface area contributed by atoms with Gasteiger partial charge in [-0.05, 0) is 36.2 Å². The van der Waals surface area contributed by atoms with Gasteiger partial charge >= 0.3 is 0 Å². The van der Waals surface area contributed by atoms with Crippen LogP contribution in [-0.4, -0.2) is 33.2 Å². The molecule has 1 aromatic carbocycles. The summed E-state index contributed by atoms with van der Waals surface area (Å²) < 4.78 is 0. The maximum absolute atomic E-state index is 11.6. The number of carbonyl (C=O) groups is 1. The number of carbonyl (C=O) groups excluding carboxylic acids is 1. The van der Waals surface area contributed by atoms with Crippen LogP contribution < -0.4 is 0 Å². The van der Waals surface area contributed by atoms with Gasteiger partial charge in [0.15, 0.2) is 5.17 Å². The van der Waals surface area contributed by atoms with Crippen LogP contribution in [-0.2, 0) is 4.79 Å². The fourth-order valence-electron chi connectivity index (χ4n) is 2.08. The number of nitrogens with zero attached hydrogens (tertiary/aromatic N) is 3. The van der Waals surface area contributed by atoms with Gasteiger partial charge in [0.2, 0.25) is 5.12 Å². The highest BCUT2D eigenvalue weighted by atomic mass is 32.2. The summed E-state index contributed by atoms with van der Waals surface area (Å²) in [6.07, 6.45) is 0. The number of amidine groups is 1. The maximum Gasteiger partial charge on any atom is 0.269 e. The first-order valence-electron chi connectivity index (χ1n) is 6.66. The Balaban J connectivity index is 2.29. The second kappa shape index (κ2) is 6.26. The molecule has 21 heavy (non-hydrogen) atoms. The lowest BCUT2D eigenvalue weighted by atomic mass is 10.2. The zero-order chi connectivity index (χ0) is 15.6. The molecular formula is C14H17N3O3S. The fraction of sp³-hybridized carbons (Fsp3) is 0.429.